The van der Waals surface area contributed by atoms with Crippen LogP contribution in [0.15, 0.2) is 0 Å². The summed E-state index contributed by atoms with van der Waals surface area (Å²) in [5.41, 5.74) is 2.10. The minimum absolute atomic E-state index is 0.0500. The van der Waals surface area contributed by atoms with E-state index in [2.05, 4.69) is 15.6 Å². The van der Waals surface area contributed by atoms with Gasteiger partial charge in [-0.25, -0.2) is 5.84 Å². The first-order chi connectivity index (χ1) is 8.13. The molecule has 0 saturated heterocycles. The van der Waals surface area contributed by atoms with Crippen LogP contribution in [0.4, 0.5) is 0 Å². The van der Waals surface area contributed by atoms with Gasteiger partial charge in [0.15, 0.2) is 0 Å². The lowest BCUT2D eigenvalue weighted by Gasteiger charge is -2.19. The van der Waals surface area contributed by atoms with Crippen molar-refractivity contribution in [2.75, 3.05) is 26.2 Å². The molecule has 0 rings (SSSR count). The third kappa shape index (κ3) is 8.65. The van der Waals surface area contributed by atoms with Crippen molar-refractivity contribution in [2.24, 2.45) is 5.84 Å². The van der Waals surface area contributed by atoms with Crippen LogP contribution in [0.1, 0.15) is 33.1 Å². The van der Waals surface area contributed by atoms with Gasteiger partial charge in [0.25, 0.3) is 0 Å². The number of rotatable bonds is 9. The number of hydrogen-bond donors (Lipinski definition) is 3. The lowest BCUT2D eigenvalue weighted by atomic mass is 10.2. The van der Waals surface area contributed by atoms with Crippen molar-refractivity contribution in [3.05, 3.63) is 0 Å². The predicted molar refractivity (Wildman–Crippen MR) is 67.0 cm³/mol. The maximum Gasteiger partial charge on any atom is 0.234 e. The molecule has 0 aliphatic rings. The molecule has 0 saturated carbocycles. The highest BCUT2D eigenvalue weighted by molar-refractivity contribution is 5.77. The maximum absolute atomic E-state index is 11.4. The Kier molecular flexibility index (Phi) is 9.37. The molecule has 0 radical (unpaired) electrons. The third-order valence-electron chi connectivity index (χ3n) is 2.48. The molecule has 6 nitrogen and oxygen atoms in total. The van der Waals surface area contributed by atoms with Gasteiger partial charge >= 0.3 is 0 Å². The van der Waals surface area contributed by atoms with Gasteiger partial charge in [0, 0.05) is 13.0 Å². The summed E-state index contributed by atoms with van der Waals surface area (Å²) in [6.07, 6.45) is 2.12. The number of unbranched alkanes of at least 4 members (excludes halogenated alkanes) is 1. The third-order valence-corrected chi connectivity index (χ3v) is 2.48. The van der Waals surface area contributed by atoms with E-state index >= 15 is 0 Å². The summed E-state index contributed by atoms with van der Waals surface area (Å²) >= 11 is 0. The Hall–Kier alpha value is -1.14. The summed E-state index contributed by atoms with van der Waals surface area (Å²) < 4.78 is 0. The fourth-order valence-electron chi connectivity index (χ4n) is 1.50. The van der Waals surface area contributed by atoms with Gasteiger partial charge in [-0.15, -0.1) is 0 Å². The Balaban J connectivity index is 3.67. The number of likely N-dealkylation sites (N-methyl/N-ethyl adjacent to an activating group) is 2. The Labute approximate surface area is 103 Å². The number of nitrogens with one attached hydrogen (secondary N) is 2. The fraction of sp³-hybridized carbons (Fsp3) is 0.818. The first-order valence-corrected chi connectivity index (χ1v) is 6.12. The van der Waals surface area contributed by atoms with E-state index in [-0.39, 0.29) is 11.8 Å². The normalized spacial score (nSPS) is 10.4. The molecule has 17 heavy (non-hydrogen) atoms. The highest BCUT2D eigenvalue weighted by Crippen LogP contribution is 1.98. The molecule has 2 amide bonds. The van der Waals surface area contributed by atoms with E-state index in [1.807, 2.05) is 13.8 Å². The van der Waals surface area contributed by atoms with E-state index in [9.17, 15) is 9.59 Å². The van der Waals surface area contributed by atoms with Crippen molar-refractivity contribution < 1.29 is 9.59 Å². The summed E-state index contributed by atoms with van der Waals surface area (Å²) in [6, 6.07) is 0. The van der Waals surface area contributed by atoms with Crippen LogP contribution >= 0.6 is 0 Å². The first-order valence-electron chi connectivity index (χ1n) is 6.12. The molecule has 0 spiro atoms. The Morgan fingerprint density at radius 1 is 1.18 bits per heavy atom. The lowest BCUT2D eigenvalue weighted by Crippen LogP contribution is -2.37. The first kappa shape index (κ1) is 15.9. The Bertz CT molecular complexity index is 234. The zero-order valence-electron chi connectivity index (χ0n) is 10.8. The van der Waals surface area contributed by atoms with E-state index in [1.54, 1.807) is 0 Å². The van der Waals surface area contributed by atoms with Gasteiger partial charge < -0.3 is 5.32 Å². The molecule has 0 aliphatic heterocycles. The molecule has 0 aromatic rings. The smallest absolute Gasteiger partial charge is 0.234 e. The number of carbonyl (C=O) groups excluding carboxylic acids is 2. The van der Waals surface area contributed by atoms with E-state index in [0.717, 1.165) is 25.9 Å². The number of hydrazine groups is 1. The topological polar surface area (TPSA) is 87.5 Å². The van der Waals surface area contributed by atoms with Crippen molar-refractivity contribution in [2.45, 2.75) is 33.1 Å². The van der Waals surface area contributed by atoms with Crippen LogP contribution in [-0.4, -0.2) is 42.9 Å². The fourth-order valence-corrected chi connectivity index (χ4v) is 1.50. The number of carbonyl (C=O) groups is 2. The molecule has 0 aliphatic carbocycles. The summed E-state index contributed by atoms with van der Waals surface area (Å²) in [4.78, 5) is 24.3. The Morgan fingerprint density at radius 2 is 1.88 bits per heavy atom. The molecule has 0 unspecified atom stereocenters. The highest BCUT2D eigenvalue weighted by atomic mass is 16.2. The summed E-state index contributed by atoms with van der Waals surface area (Å²) in [7, 11) is 0. The standard InChI is InChI=1S/C11H24N4O2/c1-3-13-11(17)9-15(4-2)8-6-5-7-10(16)14-12/h3-9,12H2,1-2H3,(H,13,17)(H,14,16). The number of amides is 2. The van der Waals surface area contributed by atoms with E-state index in [1.165, 1.54) is 0 Å². The van der Waals surface area contributed by atoms with E-state index in [4.69, 9.17) is 5.84 Å². The van der Waals surface area contributed by atoms with Crippen molar-refractivity contribution in [3.63, 3.8) is 0 Å². The molecule has 0 atom stereocenters. The van der Waals surface area contributed by atoms with Gasteiger partial charge in [-0.05, 0) is 32.9 Å². The second-order valence-corrected chi connectivity index (χ2v) is 3.85. The summed E-state index contributed by atoms with van der Waals surface area (Å²) in [5.74, 6) is 4.88. The van der Waals surface area contributed by atoms with E-state index in [0.29, 0.717) is 19.5 Å². The number of nitrogens with two attached hydrogens (primary N) is 1. The zero-order chi connectivity index (χ0) is 13.1. The van der Waals surface area contributed by atoms with E-state index < -0.39 is 0 Å². The van der Waals surface area contributed by atoms with Gasteiger partial charge in [0.2, 0.25) is 11.8 Å². The van der Waals surface area contributed by atoms with Crippen molar-refractivity contribution >= 4 is 11.8 Å². The van der Waals surface area contributed by atoms with Crippen LogP contribution < -0.4 is 16.6 Å². The average molecular weight is 244 g/mol. The highest BCUT2D eigenvalue weighted by Gasteiger charge is 2.07. The van der Waals surface area contributed by atoms with Crippen molar-refractivity contribution in [1.29, 1.82) is 0 Å². The predicted octanol–water partition coefficient (Wildman–Crippen LogP) is -0.395. The van der Waals surface area contributed by atoms with Crippen LogP contribution in [0.2, 0.25) is 0 Å². The molecule has 0 heterocycles. The SMILES string of the molecule is CCNC(=O)CN(CC)CCCCC(=O)NN. The molecule has 0 fully saturated rings. The Morgan fingerprint density at radius 3 is 2.41 bits per heavy atom. The molecule has 4 N–H and O–H groups in total. The van der Waals surface area contributed by atoms with Gasteiger partial charge in [0.1, 0.15) is 0 Å². The quantitative estimate of drug-likeness (QED) is 0.223. The number of hydrogen-bond acceptors (Lipinski definition) is 4. The largest absolute Gasteiger partial charge is 0.355 e. The zero-order valence-corrected chi connectivity index (χ0v) is 10.8. The molecule has 0 aromatic heterocycles. The lowest BCUT2D eigenvalue weighted by molar-refractivity contribution is -0.123. The molecule has 0 bridgehead atoms. The maximum atomic E-state index is 11.4. The molecule has 100 valence electrons. The molecule has 6 heteroatoms. The minimum atomic E-state index is -0.142. The van der Waals surface area contributed by atoms with Gasteiger partial charge in [-0.2, -0.15) is 0 Å². The molecular formula is C11H24N4O2. The second-order valence-electron chi connectivity index (χ2n) is 3.85. The van der Waals surface area contributed by atoms with Crippen molar-refractivity contribution in [1.82, 2.24) is 15.6 Å². The van der Waals surface area contributed by atoms with Gasteiger partial charge in [-0.1, -0.05) is 6.92 Å². The molecular weight excluding hydrogens is 220 g/mol. The summed E-state index contributed by atoms with van der Waals surface area (Å²) in [5, 5.41) is 2.77. The molecule has 0 aromatic carbocycles. The second kappa shape index (κ2) is 10.0. The monoisotopic (exact) mass is 244 g/mol. The van der Waals surface area contributed by atoms with Crippen LogP contribution in [-0.2, 0) is 9.59 Å². The van der Waals surface area contributed by atoms with Crippen molar-refractivity contribution in [3.8, 4) is 0 Å². The van der Waals surface area contributed by atoms with Gasteiger partial charge in [-0.3, -0.25) is 19.9 Å². The van der Waals surface area contributed by atoms with Crippen LogP contribution in [0.25, 0.3) is 0 Å². The van der Waals surface area contributed by atoms with Crippen LogP contribution in [0.3, 0.4) is 0 Å². The van der Waals surface area contributed by atoms with Crippen LogP contribution in [0.5, 0.6) is 0 Å². The van der Waals surface area contributed by atoms with Gasteiger partial charge in [0.05, 0.1) is 6.54 Å². The summed E-state index contributed by atoms with van der Waals surface area (Å²) in [6.45, 7) is 6.66. The average Bonchev–Trinajstić information content (AvgIpc) is 2.32. The number of nitrogens with zero attached hydrogens (tertiary/aromatic N) is 1. The minimum Gasteiger partial charge on any atom is -0.355 e. The van der Waals surface area contributed by atoms with Crippen LogP contribution in [0, 0.1) is 0 Å².